The number of halogens is 1. The van der Waals surface area contributed by atoms with Crippen molar-refractivity contribution >= 4 is 11.7 Å². The number of esters is 1. The third kappa shape index (κ3) is 3.03. The average molecular weight is 314 g/mol. The molecule has 0 fully saturated rings. The largest absolute Gasteiger partial charge is 0.452 e. The minimum Gasteiger partial charge on any atom is -0.452 e. The van der Waals surface area contributed by atoms with Crippen LogP contribution < -0.4 is 0 Å². The molecule has 7 heteroatoms. The first-order valence-corrected chi connectivity index (χ1v) is 7.11. The van der Waals surface area contributed by atoms with Gasteiger partial charge in [0.25, 0.3) is 11.6 Å². The van der Waals surface area contributed by atoms with Crippen molar-refractivity contribution in [2.24, 2.45) is 0 Å². The second-order valence-electron chi connectivity index (χ2n) is 5.29. The summed E-state index contributed by atoms with van der Waals surface area (Å²) in [6.45, 7) is 5.40. The molecule has 1 aromatic carbocycles. The maximum atomic E-state index is 12.9. The smallest absolute Gasteiger partial charge is 0.378 e. The maximum absolute atomic E-state index is 12.9. The highest BCUT2D eigenvalue weighted by atomic mass is 19.1. The van der Waals surface area contributed by atoms with E-state index in [2.05, 4.69) is 15.1 Å². The van der Waals surface area contributed by atoms with Gasteiger partial charge in [-0.05, 0) is 44.5 Å². The van der Waals surface area contributed by atoms with Gasteiger partial charge in [-0.3, -0.25) is 0 Å². The van der Waals surface area contributed by atoms with Gasteiger partial charge in [-0.15, -0.1) is 5.10 Å². The van der Waals surface area contributed by atoms with Crippen molar-refractivity contribution < 1.29 is 13.9 Å². The number of nitrogens with zero attached hydrogens (tertiary/aromatic N) is 4. The molecule has 0 saturated carbocycles. The number of rotatable bonds is 3. The third-order valence-electron chi connectivity index (χ3n) is 3.42. The number of carbonyl (C=O) groups excluding carboxylic acids is 1. The fourth-order valence-corrected chi connectivity index (χ4v) is 2.27. The Labute approximate surface area is 131 Å². The van der Waals surface area contributed by atoms with Crippen LogP contribution in [0.2, 0.25) is 0 Å². The summed E-state index contributed by atoms with van der Waals surface area (Å²) in [4.78, 5) is 20.5. The van der Waals surface area contributed by atoms with Crippen LogP contribution in [0.3, 0.4) is 0 Å². The zero-order valence-corrected chi connectivity index (χ0v) is 12.9. The van der Waals surface area contributed by atoms with Crippen LogP contribution in [0.15, 0.2) is 30.3 Å². The summed E-state index contributed by atoms with van der Waals surface area (Å²) in [5, 5.41) is 4.12. The van der Waals surface area contributed by atoms with E-state index in [-0.39, 0.29) is 11.6 Å². The lowest BCUT2D eigenvalue weighted by atomic mass is 10.1. The monoisotopic (exact) mass is 314 g/mol. The molecule has 0 aliphatic carbocycles. The number of benzene rings is 1. The summed E-state index contributed by atoms with van der Waals surface area (Å²) < 4.78 is 19.8. The topological polar surface area (TPSA) is 69.4 Å². The quantitative estimate of drug-likeness (QED) is 0.695. The molecular weight excluding hydrogens is 299 g/mol. The van der Waals surface area contributed by atoms with E-state index in [1.165, 1.54) is 16.6 Å². The van der Waals surface area contributed by atoms with Crippen molar-refractivity contribution in [3.05, 3.63) is 58.9 Å². The lowest BCUT2D eigenvalue weighted by molar-refractivity contribution is 0.0323. The summed E-state index contributed by atoms with van der Waals surface area (Å²) in [5.41, 5.74) is 2.31. The van der Waals surface area contributed by atoms with E-state index in [1.54, 1.807) is 19.1 Å². The molecule has 2 heterocycles. The van der Waals surface area contributed by atoms with Crippen LogP contribution in [0, 0.1) is 19.7 Å². The summed E-state index contributed by atoms with van der Waals surface area (Å²) >= 11 is 0. The number of carbonyl (C=O) groups is 1. The first-order valence-electron chi connectivity index (χ1n) is 7.11. The molecular formula is C16H15FN4O2. The van der Waals surface area contributed by atoms with Gasteiger partial charge in [0, 0.05) is 11.4 Å². The van der Waals surface area contributed by atoms with Gasteiger partial charge >= 0.3 is 5.97 Å². The summed E-state index contributed by atoms with van der Waals surface area (Å²) in [7, 11) is 0. The van der Waals surface area contributed by atoms with Crippen molar-refractivity contribution in [1.82, 2.24) is 19.6 Å². The second kappa shape index (κ2) is 5.75. The second-order valence-corrected chi connectivity index (χ2v) is 5.29. The molecule has 0 radical (unpaired) electrons. The first-order chi connectivity index (χ1) is 10.9. The first kappa shape index (κ1) is 15.1. The van der Waals surface area contributed by atoms with E-state index in [0.717, 1.165) is 11.4 Å². The van der Waals surface area contributed by atoms with Gasteiger partial charge in [-0.2, -0.15) is 4.98 Å². The van der Waals surface area contributed by atoms with Crippen LogP contribution in [0.5, 0.6) is 0 Å². The highest BCUT2D eigenvalue weighted by Crippen LogP contribution is 2.18. The molecule has 3 rings (SSSR count). The zero-order valence-electron chi connectivity index (χ0n) is 12.9. The number of aromatic nitrogens is 4. The number of aryl methyl sites for hydroxylation is 2. The van der Waals surface area contributed by atoms with Crippen LogP contribution >= 0.6 is 0 Å². The minimum absolute atomic E-state index is 0.0554. The Morgan fingerprint density at radius 2 is 1.91 bits per heavy atom. The van der Waals surface area contributed by atoms with Crippen molar-refractivity contribution in [1.29, 1.82) is 0 Å². The van der Waals surface area contributed by atoms with Gasteiger partial charge in [-0.1, -0.05) is 12.1 Å². The Kier molecular flexibility index (Phi) is 3.77. The molecule has 0 aliphatic heterocycles. The van der Waals surface area contributed by atoms with Gasteiger partial charge in [0.1, 0.15) is 11.9 Å². The van der Waals surface area contributed by atoms with Crippen LogP contribution in [0.1, 0.15) is 40.6 Å². The summed E-state index contributed by atoms with van der Waals surface area (Å²) in [6.07, 6.45) is -0.537. The molecule has 6 nitrogen and oxygen atoms in total. The Balaban J connectivity index is 1.83. The molecule has 0 aliphatic rings. The van der Waals surface area contributed by atoms with Crippen LogP contribution in [-0.4, -0.2) is 25.6 Å². The SMILES string of the molecule is Cc1cc(C)n2nc(C(=O)O[C@@H](C)c3ccc(F)cc3)nc2n1. The summed E-state index contributed by atoms with van der Waals surface area (Å²) in [5.74, 6) is -0.695. The predicted molar refractivity (Wildman–Crippen MR) is 80.5 cm³/mol. The van der Waals surface area contributed by atoms with E-state index >= 15 is 0 Å². The molecule has 1 atom stereocenters. The Hall–Kier alpha value is -2.83. The van der Waals surface area contributed by atoms with Crippen molar-refractivity contribution in [2.45, 2.75) is 26.9 Å². The minimum atomic E-state index is -0.649. The number of fused-ring (bicyclic) bond motifs is 1. The molecule has 2 aromatic heterocycles. The van der Waals surface area contributed by atoms with Gasteiger partial charge < -0.3 is 4.74 Å². The zero-order chi connectivity index (χ0) is 16.6. The normalized spacial score (nSPS) is 12.3. The molecule has 0 bridgehead atoms. The van der Waals surface area contributed by atoms with Crippen LogP contribution in [0.4, 0.5) is 4.39 Å². The lowest BCUT2D eigenvalue weighted by Crippen LogP contribution is -2.11. The highest BCUT2D eigenvalue weighted by Gasteiger charge is 2.19. The Morgan fingerprint density at radius 1 is 1.22 bits per heavy atom. The molecule has 0 saturated heterocycles. The van der Waals surface area contributed by atoms with E-state index in [0.29, 0.717) is 11.3 Å². The maximum Gasteiger partial charge on any atom is 0.378 e. The van der Waals surface area contributed by atoms with E-state index in [4.69, 9.17) is 4.74 Å². The fourth-order valence-electron chi connectivity index (χ4n) is 2.27. The van der Waals surface area contributed by atoms with Crippen molar-refractivity contribution in [3.8, 4) is 0 Å². The molecule has 3 aromatic rings. The van der Waals surface area contributed by atoms with Crippen molar-refractivity contribution in [2.75, 3.05) is 0 Å². The lowest BCUT2D eigenvalue weighted by Gasteiger charge is -2.11. The van der Waals surface area contributed by atoms with E-state index in [1.807, 2.05) is 19.9 Å². The Bertz CT molecular complexity index is 874. The molecule has 118 valence electrons. The van der Waals surface area contributed by atoms with E-state index < -0.39 is 12.1 Å². The predicted octanol–water partition coefficient (Wildman–Crippen LogP) is 2.80. The fraction of sp³-hybridized carbons (Fsp3) is 0.250. The van der Waals surface area contributed by atoms with E-state index in [9.17, 15) is 9.18 Å². The molecule has 0 amide bonds. The van der Waals surface area contributed by atoms with Crippen LogP contribution in [0.25, 0.3) is 5.78 Å². The third-order valence-corrected chi connectivity index (χ3v) is 3.42. The molecule has 23 heavy (non-hydrogen) atoms. The number of hydrogen-bond acceptors (Lipinski definition) is 5. The highest BCUT2D eigenvalue weighted by molar-refractivity contribution is 5.85. The average Bonchev–Trinajstić information content (AvgIpc) is 2.92. The van der Waals surface area contributed by atoms with Gasteiger partial charge in [0.2, 0.25) is 0 Å². The molecule has 0 unspecified atom stereocenters. The van der Waals surface area contributed by atoms with Crippen LogP contribution in [-0.2, 0) is 4.74 Å². The van der Waals surface area contributed by atoms with Crippen molar-refractivity contribution in [3.63, 3.8) is 0 Å². The Morgan fingerprint density at radius 3 is 2.61 bits per heavy atom. The standard InChI is InChI=1S/C16H15FN4O2/c1-9-8-10(2)21-16(18-9)19-14(20-21)15(22)23-11(3)12-4-6-13(17)7-5-12/h4-8,11H,1-3H3/t11-/m0/s1. The van der Waals surface area contributed by atoms with Gasteiger partial charge in [0.05, 0.1) is 0 Å². The molecule has 0 N–H and O–H groups in total. The summed E-state index contributed by atoms with van der Waals surface area (Å²) in [6, 6.07) is 7.62. The number of ether oxygens (including phenoxy) is 1. The van der Waals surface area contributed by atoms with Gasteiger partial charge in [0.15, 0.2) is 0 Å². The number of hydrogen-bond donors (Lipinski definition) is 0. The van der Waals surface area contributed by atoms with Gasteiger partial charge in [-0.25, -0.2) is 18.7 Å². The molecule has 0 spiro atoms.